The molecule has 1 heterocycles. The maximum absolute atomic E-state index is 12.6. The Balaban J connectivity index is 2.13. The van der Waals surface area contributed by atoms with Gasteiger partial charge in [-0.05, 0) is 23.5 Å². The molecule has 8 heteroatoms. The average Bonchev–Trinajstić information content (AvgIpc) is 2.73. The molecule has 3 amide bonds. The Bertz CT molecular complexity index is 692. The van der Waals surface area contributed by atoms with Gasteiger partial charge in [-0.3, -0.25) is 14.4 Å². The van der Waals surface area contributed by atoms with Crippen molar-refractivity contribution in [3.05, 3.63) is 35.4 Å². The molecular formula is C18H26N4O4. The lowest BCUT2D eigenvalue weighted by atomic mass is 9.99. The number of aliphatic hydroxyl groups is 1. The van der Waals surface area contributed by atoms with Gasteiger partial charge in [0.25, 0.3) is 11.8 Å². The molecule has 0 spiro atoms. The van der Waals surface area contributed by atoms with Crippen LogP contribution >= 0.6 is 0 Å². The predicted octanol–water partition coefficient (Wildman–Crippen LogP) is -0.724. The largest absolute Gasteiger partial charge is 0.383 e. The smallest absolute Gasteiger partial charge is 0.258 e. The normalized spacial score (nSPS) is 19.4. The van der Waals surface area contributed by atoms with Crippen molar-refractivity contribution in [3.8, 4) is 0 Å². The Morgan fingerprint density at radius 1 is 1.27 bits per heavy atom. The Labute approximate surface area is 152 Å². The van der Waals surface area contributed by atoms with Crippen LogP contribution in [0.25, 0.3) is 0 Å². The zero-order valence-electron chi connectivity index (χ0n) is 15.2. The number of fused-ring (bicyclic) bond motifs is 1. The fraction of sp³-hybridized carbons (Fsp3) is 0.500. The standard InChI is InChI=1S/C18H26N4O4/c1-10(2)14(23)16(24)21-15(19)17(25)20-13-12-7-5-4-6-11(12)8-9-22(3)18(13)26/h4-7,10,13-15,23H,8-9,19H2,1-3H3,(H,20,25)(H,21,24)/t13-,14-,15+/m0/s1. The van der Waals surface area contributed by atoms with Gasteiger partial charge in [-0.2, -0.15) is 0 Å². The van der Waals surface area contributed by atoms with Crippen LogP contribution in [0.4, 0.5) is 0 Å². The van der Waals surface area contributed by atoms with E-state index in [0.29, 0.717) is 13.0 Å². The number of carbonyl (C=O) groups is 3. The van der Waals surface area contributed by atoms with Crippen LogP contribution in [0.15, 0.2) is 24.3 Å². The molecule has 1 aromatic rings. The molecule has 0 unspecified atom stereocenters. The van der Waals surface area contributed by atoms with E-state index in [2.05, 4.69) is 10.6 Å². The minimum absolute atomic E-state index is 0.246. The first-order chi connectivity index (χ1) is 12.2. The number of amides is 3. The molecule has 0 aliphatic carbocycles. The van der Waals surface area contributed by atoms with E-state index in [-0.39, 0.29) is 11.8 Å². The lowest BCUT2D eigenvalue weighted by Crippen LogP contribution is -2.56. The lowest BCUT2D eigenvalue weighted by Gasteiger charge is -2.24. The van der Waals surface area contributed by atoms with Crippen molar-refractivity contribution < 1.29 is 19.5 Å². The molecule has 3 atom stereocenters. The summed E-state index contributed by atoms with van der Waals surface area (Å²) in [5.41, 5.74) is 7.43. The summed E-state index contributed by atoms with van der Waals surface area (Å²) < 4.78 is 0. The Morgan fingerprint density at radius 2 is 1.92 bits per heavy atom. The number of rotatable bonds is 5. The number of hydrogen-bond acceptors (Lipinski definition) is 5. The average molecular weight is 362 g/mol. The number of benzene rings is 1. The second kappa shape index (κ2) is 8.29. The van der Waals surface area contributed by atoms with E-state index in [4.69, 9.17) is 5.73 Å². The van der Waals surface area contributed by atoms with Crippen LogP contribution in [0.2, 0.25) is 0 Å². The fourth-order valence-electron chi connectivity index (χ4n) is 2.77. The third-order valence-corrected chi connectivity index (χ3v) is 4.47. The summed E-state index contributed by atoms with van der Waals surface area (Å²) >= 11 is 0. The van der Waals surface area contributed by atoms with Crippen LogP contribution in [0.3, 0.4) is 0 Å². The van der Waals surface area contributed by atoms with E-state index in [1.54, 1.807) is 37.9 Å². The second-order valence-corrected chi connectivity index (χ2v) is 6.83. The number of nitrogens with zero attached hydrogens (tertiary/aromatic N) is 1. The van der Waals surface area contributed by atoms with Crippen LogP contribution in [0, 0.1) is 5.92 Å². The van der Waals surface area contributed by atoms with E-state index in [0.717, 1.165) is 11.1 Å². The van der Waals surface area contributed by atoms with E-state index in [1.807, 2.05) is 12.1 Å². The summed E-state index contributed by atoms with van der Waals surface area (Å²) in [7, 11) is 1.67. The van der Waals surface area contributed by atoms with Crippen molar-refractivity contribution in [2.75, 3.05) is 13.6 Å². The Kier molecular flexibility index (Phi) is 6.33. The number of aliphatic hydroxyl groups excluding tert-OH is 1. The van der Waals surface area contributed by atoms with Gasteiger partial charge in [-0.15, -0.1) is 0 Å². The molecule has 26 heavy (non-hydrogen) atoms. The van der Waals surface area contributed by atoms with E-state index in [9.17, 15) is 19.5 Å². The number of carbonyl (C=O) groups excluding carboxylic acids is 3. The van der Waals surface area contributed by atoms with Gasteiger partial charge >= 0.3 is 0 Å². The molecule has 0 fully saturated rings. The van der Waals surface area contributed by atoms with Crippen LogP contribution in [-0.4, -0.2) is 53.6 Å². The molecular weight excluding hydrogens is 336 g/mol. The molecule has 0 radical (unpaired) electrons. The fourth-order valence-corrected chi connectivity index (χ4v) is 2.77. The molecule has 0 saturated carbocycles. The monoisotopic (exact) mass is 362 g/mol. The van der Waals surface area contributed by atoms with Crippen molar-refractivity contribution in [2.24, 2.45) is 11.7 Å². The molecule has 0 bridgehead atoms. The van der Waals surface area contributed by atoms with Crippen molar-refractivity contribution in [3.63, 3.8) is 0 Å². The molecule has 142 valence electrons. The molecule has 1 aliphatic heterocycles. The van der Waals surface area contributed by atoms with Gasteiger partial charge in [0.15, 0.2) is 6.17 Å². The lowest BCUT2D eigenvalue weighted by molar-refractivity contribution is -0.138. The predicted molar refractivity (Wildman–Crippen MR) is 95.6 cm³/mol. The molecule has 0 saturated heterocycles. The first-order valence-electron chi connectivity index (χ1n) is 8.59. The van der Waals surface area contributed by atoms with Crippen LogP contribution in [0.5, 0.6) is 0 Å². The van der Waals surface area contributed by atoms with Crippen molar-refractivity contribution in [1.29, 1.82) is 0 Å². The topological polar surface area (TPSA) is 125 Å². The highest BCUT2D eigenvalue weighted by Gasteiger charge is 2.32. The maximum atomic E-state index is 12.6. The highest BCUT2D eigenvalue weighted by Crippen LogP contribution is 2.24. The number of hydrogen-bond donors (Lipinski definition) is 4. The van der Waals surface area contributed by atoms with Gasteiger partial charge in [0.1, 0.15) is 12.1 Å². The number of nitrogens with two attached hydrogens (primary N) is 1. The molecule has 1 aliphatic rings. The molecule has 5 N–H and O–H groups in total. The van der Waals surface area contributed by atoms with Crippen molar-refractivity contribution in [1.82, 2.24) is 15.5 Å². The van der Waals surface area contributed by atoms with Crippen LogP contribution in [0.1, 0.15) is 31.0 Å². The SMILES string of the molecule is CC(C)[C@H](O)C(=O)N[C@@H](N)C(=O)N[C@@H]1C(=O)N(C)CCc2ccccc21. The number of nitrogens with one attached hydrogen (secondary N) is 2. The summed E-state index contributed by atoms with van der Waals surface area (Å²) in [5, 5.41) is 14.6. The summed E-state index contributed by atoms with van der Waals surface area (Å²) in [5.74, 6) is -1.98. The Hall–Kier alpha value is -2.45. The molecule has 1 aromatic carbocycles. The van der Waals surface area contributed by atoms with Crippen LogP contribution < -0.4 is 16.4 Å². The number of likely N-dealkylation sites (N-methyl/N-ethyl adjacent to an activating group) is 1. The van der Waals surface area contributed by atoms with Gasteiger partial charge in [0, 0.05) is 13.6 Å². The van der Waals surface area contributed by atoms with Gasteiger partial charge in [0.2, 0.25) is 5.91 Å². The van der Waals surface area contributed by atoms with E-state index < -0.39 is 30.1 Å². The zero-order valence-corrected chi connectivity index (χ0v) is 15.2. The Morgan fingerprint density at radius 3 is 2.58 bits per heavy atom. The van der Waals surface area contributed by atoms with Gasteiger partial charge in [-0.1, -0.05) is 38.1 Å². The van der Waals surface area contributed by atoms with E-state index >= 15 is 0 Å². The van der Waals surface area contributed by atoms with Gasteiger partial charge < -0.3 is 26.4 Å². The molecule has 2 rings (SSSR count). The summed E-state index contributed by atoms with van der Waals surface area (Å²) in [4.78, 5) is 38.5. The first kappa shape index (κ1) is 19.9. The van der Waals surface area contributed by atoms with Crippen molar-refractivity contribution >= 4 is 17.7 Å². The highest BCUT2D eigenvalue weighted by atomic mass is 16.3. The second-order valence-electron chi connectivity index (χ2n) is 6.83. The third-order valence-electron chi connectivity index (χ3n) is 4.47. The zero-order chi connectivity index (χ0) is 19.4. The minimum atomic E-state index is -1.37. The van der Waals surface area contributed by atoms with Gasteiger partial charge in [-0.25, -0.2) is 0 Å². The van der Waals surface area contributed by atoms with Crippen molar-refractivity contribution in [2.45, 2.75) is 38.6 Å². The molecule has 0 aromatic heterocycles. The third kappa shape index (κ3) is 4.39. The maximum Gasteiger partial charge on any atom is 0.258 e. The highest BCUT2D eigenvalue weighted by molar-refractivity contribution is 5.93. The quantitative estimate of drug-likeness (QED) is 0.514. The summed E-state index contributed by atoms with van der Waals surface area (Å²) in [6, 6.07) is 6.53. The summed E-state index contributed by atoms with van der Waals surface area (Å²) in [6.07, 6.45) is -1.95. The van der Waals surface area contributed by atoms with Crippen LogP contribution in [-0.2, 0) is 20.8 Å². The van der Waals surface area contributed by atoms with Gasteiger partial charge in [0.05, 0.1) is 0 Å². The summed E-state index contributed by atoms with van der Waals surface area (Å²) in [6.45, 7) is 3.89. The van der Waals surface area contributed by atoms with E-state index in [1.165, 1.54) is 0 Å². The first-order valence-corrected chi connectivity index (χ1v) is 8.59. The molecule has 8 nitrogen and oxygen atoms in total. The minimum Gasteiger partial charge on any atom is -0.383 e.